The van der Waals surface area contributed by atoms with Gasteiger partial charge in [-0.25, -0.2) is 4.98 Å². The molecule has 2 aliphatic heterocycles. The number of hydrogen-bond donors (Lipinski definition) is 1. The number of carbonyl (C=O) groups is 1. The predicted molar refractivity (Wildman–Crippen MR) is 113 cm³/mol. The number of amides is 1. The summed E-state index contributed by atoms with van der Waals surface area (Å²) in [7, 11) is 0. The second-order valence-electron chi connectivity index (χ2n) is 8.76. The summed E-state index contributed by atoms with van der Waals surface area (Å²) in [4.78, 5) is 38.9. The molecule has 29 heavy (non-hydrogen) atoms. The van der Waals surface area contributed by atoms with Gasteiger partial charge in [-0.15, -0.1) is 11.3 Å². The molecule has 0 unspecified atom stereocenters. The molecular weight excluding hydrogens is 384 g/mol. The van der Waals surface area contributed by atoms with E-state index in [1.807, 2.05) is 16.2 Å². The fraction of sp³-hybridized carbons (Fsp3) is 0.591. The number of nitrogens with one attached hydrogen (secondary N) is 1. The molecule has 2 aromatic rings. The fourth-order valence-electron chi connectivity index (χ4n) is 4.61. The van der Waals surface area contributed by atoms with Gasteiger partial charge in [0.1, 0.15) is 5.82 Å². The van der Waals surface area contributed by atoms with Crippen LogP contribution in [0.3, 0.4) is 0 Å². The van der Waals surface area contributed by atoms with Gasteiger partial charge >= 0.3 is 0 Å². The van der Waals surface area contributed by atoms with Crippen LogP contribution in [0.25, 0.3) is 0 Å². The van der Waals surface area contributed by atoms with E-state index < -0.39 is 0 Å². The van der Waals surface area contributed by atoms with Crippen LogP contribution in [0, 0.1) is 12.8 Å². The van der Waals surface area contributed by atoms with Crippen LogP contribution in [-0.4, -0.2) is 45.3 Å². The van der Waals surface area contributed by atoms with Crippen molar-refractivity contribution in [3.63, 3.8) is 0 Å². The number of aryl methyl sites for hydroxylation is 1. The summed E-state index contributed by atoms with van der Waals surface area (Å²) in [5.41, 5.74) is 2.90. The van der Waals surface area contributed by atoms with E-state index in [2.05, 4.69) is 28.3 Å². The first-order valence-electron chi connectivity index (χ1n) is 10.7. The topological polar surface area (TPSA) is 69.3 Å². The molecule has 3 aliphatic rings. The lowest BCUT2D eigenvalue weighted by Crippen LogP contribution is -2.41. The number of carbonyl (C=O) groups excluding carboxylic acids is 1. The zero-order valence-electron chi connectivity index (χ0n) is 16.9. The number of likely N-dealkylation sites (tertiary alicyclic amines) is 1. The third-order valence-electron chi connectivity index (χ3n) is 6.55. The third-order valence-corrected chi connectivity index (χ3v) is 7.56. The molecule has 5 rings (SSSR count). The highest BCUT2D eigenvalue weighted by Gasteiger charge is 2.35. The molecule has 1 saturated heterocycles. The smallest absolute Gasteiger partial charge is 0.256 e. The summed E-state index contributed by atoms with van der Waals surface area (Å²) in [6, 6.07) is 2.18. The normalized spacial score (nSPS) is 22.5. The second-order valence-corrected chi connectivity index (χ2v) is 9.76. The van der Waals surface area contributed by atoms with E-state index >= 15 is 0 Å². The van der Waals surface area contributed by atoms with E-state index in [0.717, 1.165) is 56.8 Å². The summed E-state index contributed by atoms with van der Waals surface area (Å²) in [5, 5.41) is 2.16. The Morgan fingerprint density at radius 2 is 2.17 bits per heavy atom. The number of aromatic amines is 1. The number of rotatable bonds is 4. The van der Waals surface area contributed by atoms with E-state index in [9.17, 15) is 9.59 Å². The molecular formula is C22H28N4O2S. The molecule has 0 radical (unpaired) electrons. The van der Waals surface area contributed by atoms with Gasteiger partial charge in [-0.3, -0.25) is 14.5 Å². The maximum atomic E-state index is 12.8. The molecule has 1 atom stereocenters. The largest absolute Gasteiger partial charge is 0.337 e. The molecule has 0 bridgehead atoms. The molecule has 2 aromatic heterocycles. The van der Waals surface area contributed by atoms with E-state index in [-0.39, 0.29) is 23.3 Å². The Morgan fingerprint density at radius 3 is 2.93 bits per heavy atom. The number of aromatic nitrogens is 2. The van der Waals surface area contributed by atoms with Crippen molar-refractivity contribution in [2.45, 2.75) is 58.0 Å². The van der Waals surface area contributed by atoms with E-state index in [4.69, 9.17) is 4.98 Å². The highest BCUT2D eigenvalue weighted by atomic mass is 32.1. The molecule has 1 aliphatic carbocycles. The van der Waals surface area contributed by atoms with Crippen molar-refractivity contribution >= 4 is 17.2 Å². The van der Waals surface area contributed by atoms with Gasteiger partial charge in [0.05, 0.1) is 17.8 Å². The van der Waals surface area contributed by atoms with Crippen LogP contribution >= 0.6 is 11.3 Å². The lowest BCUT2D eigenvalue weighted by molar-refractivity contribution is -0.133. The molecule has 1 N–H and O–H groups in total. The molecule has 4 heterocycles. The molecule has 7 heteroatoms. The average molecular weight is 413 g/mol. The van der Waals surface area contributed by atoms with Crippen molar-refractivity contribution in [2.24, 2.45) is 5.92 Å². The van der Waals surface area contributed by atoms with Gasteiger partial charge in [0.2, 0.25) is 5.91 Å². The number of piperidine rings is 1. The van der Waals surface area contributed by atoms with Crippen molar-refractivity contribution in [3.05, 3.63) is 49.3 Å². The van der Waals surface area contributed by atoms with E-state index in [1.165, 1.54) is 10.4 Å². The van der Waals surface area contributed by atoms with Crippen molar-refractivity contribution in [1.82, 2.24) is 19.8 Å². The van der Waals surface area contributed by atoms with Crippen molar-refractivity contribution in [3.8, 4) is 0 Å². The molecule has 1 amide bonds. The zero-order valence-corrected chi connectivity index (χ0v) is 17.8. The minimum atomic E-state index is -0.0514. The van der Waals surface area contributed by atoms with Gasteiger partial charge in [-0.1, -0.05) is 0 Å². The van der Waals surface area contributed by atoms with Crippen LogP contribution in [0.2, 0.25) is 0 Å². The van der Waals surface area contributed by atoms with Crippen LogP contribution in [0.15, 0.2) is 16.2 Å². The van der Waals surface area contributed by atoms with Gasteiger partial charge in [0.25, 0.3) is 5.56 Å². The quantitative estimate of drug-likeness (QED) is 0.838. The number of H-pyrrole nitrogens is 1. The Hall–Kier alpha value is -1.99. The van der Waals surface area contributed by atoms with Gasteiger partial charge in [0, 0.05) is 42.8 Å². The first kappa shape index (κ1) is 19.0. The minimum absolute atomic E-state index is 0.0514. The highest BCUT2D eigenvalue weighted by molar-refractivity contribution is 7.10. The Bertz CT molecular complexity index is 977. The molecule has 0 spiro atoms. The molecule has 6 nitrogen and oxygen atoms in total. The maximum Gasteiger partial charge on any atom is 0.256 e. The summed E-state index contributed by atoms with van der Waals surface area (Å²) in [6.07, 6.45) is 4.88. The number of thiophene rings is 1. The van der Waals surface area contributed by atoms with Gasteiger partial charge < -0.3 is 9.88 Å². The Kier molecular flexibility index (Phi) is 5.04. The van der Waals surface area contributed by atoms with Crippen LogP contribution in [0.5, 0.6) is 0 Å². The third kappa shape index (κ3) is 3.90. The van der Waals surface area contributed by atoms with Crippen LogP contribution in [-0.2, 0) is 24.3 Å². The first-order valence-corrected chi connectivity index (χ1v) is 11.6. The van der Waals surface area contributed by atoms with Crippen molar-refractivity contribution in [1.29, 1.82) is 0 Å². The summed E-state index contributed by atoms with van der Waals surface area (Å²) in [5.74, 6) is 1.52. The monoisotopic (exact) mass is 412 g/mol. The lowest BCUT2D eigenvalue weighted by atomic mass is 9.96. The number of fused-ring (bicyclic) bond motifs is 1. The SMILES string of the molecule is Cc1ccsc1CN1CCC[C@@H](c2nc3c(c(=O)[nH]2)CN(C(=O)C2CC2)CC3)C1. The molecule has 1 saturated carbocycles. The maximum absolute atomic E-state index is 12.8. The average Bonchev–Trinajstić information content (AvgIpc) is 3.51. The summed E-state index contributed by atoms with van der Waals surface area (Å²) < 4.78 is 0. The number of hydrogen-bond acceptors (Lipinski definition) is 5. The van der Waals surface area contributed by atoms with E-state index in [1.54, 1.807) is 0 Å². The molecule has 2 fully saturated rings. The van der Waals surface area contributed by atoms with Crippen LogP contribution in [0.1, 0.15) is 59.1 Å². The first-order chi connectivity index (χ1) is 14.1. The highest BCUT2D eigenvalue weighted by Crippen LogP contribution is 2.33. The minimum Gasteiger partial charge on any atom is -0.337 e. The van der Waals surface area contributed by atoms with Gasteiger partial charge in [-0.2, -0.15) is 0 Å². The standard InChI is InChI=1S/C22H28N4O2S/c1-14-7-10-29-19(14)13-25-8-2-3-16(11-25)20-23-18-6-9-26(22(28)15-4-5-15)12-17(18)21(27)24-20/h7,10,15-16H,2-6,8-9,11-13H2,1H3,(H,23,24,27)/t16-/m1/s1. The molecule has 0 aromatic carbocycles. The van der Waals surface area contributed by atoms with Crippen molar-refractivity contribution in [2.75, 3.05) is 19.6 Å². The summed E-state index contributed by atoms with van der Waals surface area (Å²) in [6.45, 7) is 6.29. The Labute approximate surface area is 175 Å². The van der Waals surface area contributed by atoms with Gasteiger partial charge in [0.15, 0.2) is 0 Å². The predicted octanol–water partition coefficient (Wildman–Crippen LogP) is 2.81. The lowest BCUT2D eigenvalue weighted by Gasteiger charge is -2.33. The van der Waals surface area contributed by atoms with Crippen LogP contribution in [0.4, 0.5) is 0 Å². The summed E-state index contributed by atoms with van der Waals surface area (Å²) >= 11 is 1.82. The number of nitrogens with zero attached hydrogens (tertiary/aromatic N) is 3. The Balaban J connectivity index is 1.31. The fourth-order valence-corrected chi connectivity index (χ4v) is 5.55. The van der Waals surface area contributed by atoms with Crippen molar-refractivity contribution < 1.29 is 4.79 Å². The van der Waals surface area contributed by atoms with Crippen LogP contribution < -0.4 is 5.56 Å². The second kappa shape index (κ2) is 7.69. The van der Waals surface area contributed by atoms with Gasteiger partial charge in [-0.05, 0) is 56.2 Å². The Morgan fingerprint density at radius 1 is 1.31 bits per heavy atom. The molecule has 154 valence electrons. The van der Waals surface area contributed by atoms with E-state index in [0.29, 0.717) is 25.1 Å². The zero-order chi connectivity index (χ0) is 20.0.